The molecule has 0 fully saturated rings. The van der Waals surface area contributed by atoms with Gasteiger partial charge in [0, 0.05) is 23.1 Å². The van der Waals surface area contributed by atoms with Gasteiger partial charge in [0.05, 0.1) is 5.75 Å². The molecule has 7 heteroatoms. The van der Waals surface area contributed by atoms with Crippen molar-refractivity contribution in [3.05, 3.63) is 36.1 Å². The molecule has 0 aliphatic heterocycles. The van der Waals surface area contributed by atoms with Crippen LogP contribution in [0, 0.1) is 12.3 Å². The van der Waals surface area contributed by atoms with Gasteiger partial charge in [0.25, 0.3) is 0 Å². The van der Waals surface area contributed by atoms with E-state index in [4.69, 9.17) is 4.52 Å². The Bertz CT molecular complexity index is 750. The summed E-state index contributed by atoms with van der Waals surface area (Å²) in [6.45, 7) is 7.83. The lowest BCUT2D eigenvalue weighted by atomic mass is 9.92. The smallest absolute Gasteiger partial charge is 0.235 e. The minimum absolute atomic E-state index is 0.0196. The molecule has 0 bridgehead atoms. The van der Waals surface area contributed by atoms with Crippen LogP contribution < -0.4 is 10.6 Å². The lowest BCUT2D eigenvalue weighted by molar-refractivity contribution is -0.118. The van der Waals surface area contributed by atoms with E-state index >= 15 is 0 Å². The molecule has 2 rings (SSSR count). The number of nitrogens with zero attached hydrogens (tertiary/aromatic N) is 1. The number of amides is 2. The van der Waals surface area contributed by atoms with Gasteiger partial charge in [-0.25, -0.2) is 0 Å². The molecule has 2 aromatic rings. The number of carbonyl (C=O) groups is 2. The number of nitrogens with one attached hydrogen (secondary N) is 2. The second-order valence-electron chi connectivity index (χ2n) is 6.97. The maximum Gasteiger partial charge on any atom is 0.235 e. The van der Waals surface area contributed by atoms with Gasteiger partial charge in [-0.3, -0.25) is 9.59 Å². The summed E-state index contributed by atoms with van der Waals surface area (Å²) in [6, 6.07) is 9.11. The number of anilines is 2. The van der Waals surface area contributed by atoms with Gasteiger partial charge >= 0.3 is 0 Å². The SMILES string of the molecule is Cc1cc(NC(=O)CSc2cccc(NC(=O)CC(C)(C)C)c2)no1. The second kappa shape index (κ2) is 8.20. The molecule has 1 aromatic carbocycles. The lowest BCUT2D eigenvalue weighted by Crippen LogP contribution is -2.19. The molecular weight excluding hydrogens is 338 g/mol. The van der Waals surface area contributed by atoms with E-state index in [9.17, 15) is 9.59 Å². The van der Waals surface area contributed by atoms with Crippen LogP contribution in [0.2, 0.25) is 0 Å². The first-order chi connectivity index (χ1) is 11.7. The topological polar surface area (TPSA) is 84.2 Å². The first kappa shape index (κ1) is 19.1. The Hall–Kier alpha value is -2.28. The van der Waals surface area contributed by atoms with Crippen LogP contribution in [0.15, 0.2) is 39.8 Å². The summed E-state index contributed by atoms with van der Waals surface area (Å²) >= 11 is 1.39. The Kier molecular flexibility index (Phi) is 6.25. The van der Waals surface area contributed by atoms with Crippen LogP contribution in [-0.4, -0.2) is 22.7 Å². The fraction of sp³-hybridized carbons (Fsp3) is 0.389. The normalized spacial score (nSPS) is 11.2. The lowest BCUT2D eigenvalue weighted by Gasteiger charge is -2.17. The molecule has 25 heavy (non-hydrogen) atoms. The van der Waals surface area contributed by atoms with Gasteiger partial charge in [0.1, 0.15) is 5.76 Å². The molecule has 2 amide bonds. The predicted molar refractivity (Wildman–Crippen MR) is 99.7 cm³/mol. The molecule has 0 unspecified atom stereocenters. The van der Waals surface area contributed by atoms with Gasteiger partial charge in [-0.15, -0.1) is 11.8 Å². The molecule has 0 aliphatic carbocycles. The van der Waals surface area contributed by atoms with Crippen molar-refractivity contribution >= 4 is 35.1 Å². The first-order valence-electron chi connectivity index (χ1n) is 7.97. The summed E-state index contributed by atoms with van der Waals surface area (Å²) in [5.41, 5.74) is 0.667. The fourth-order valence-electron chi connectivity index (χ4n) is 2.10. The zero-order valence-corrected chi connectivity index (χ0v) is 15.7. The van der Waals surface area contributed by atoms with Crippen LogP contribution in [0.3, 0.4) is 0 Å². The Morgan fingerprint density at radius 2 is 1.92 bits per heavy atom. The molecule has 0 spiro atoms. The molecule has 0 atom stereocenters. The van der Waals surface area contributed by atoms with Gasteiger partial charge in [-0.05, 0) is 30.5 Å². The number of aryl methyl sites for hydroxylation is 1. The summed E-state index contributed by atoms with van der Waals surface area (Å²) in [6.07, 6.45) is 0.448. The Balaban J connectivity index is 1.86. The van der Waals surface area contributed by atoms with Crippen molar-refractivity contribution in [1.29, 1.82) is 0 Å². The van der Waals surface area contributed by atoms with Crippen molar-refractivity contribution in [1.82, 2.24) is 5.16 Å². The monoisotopic (exact) mass is 361 g/mol. The number of hydrogen-bond acceptors (Lipinski definition) is 5. The zero-order valence-electron chi connectivity index (χ0n) is 14.9. The number of hydrogen-bond donors (Lipinski definition) is 2. The third-order valence-electron chi connectivity index (χ3n) is 3.07. The molecule has 134 valence electrons. The van der Waals surface area contributed by atoms with Crippen molar-refractivity contribution < 1.29 is 14.1 Å². The molecule has 0 aliphatic rings. The molecule has 2 N–H and O–H groups in total. The van der Waals surface area contributed by atoms with E-state index < -0.39 is 0 Å². The van der Waals surface area contributed by atoms with E-state index in [0.717, 1.165) is 10.6 Å². The van der Waals surface area contributed by atoms with Crippen LogP contribution in [-0.2, 0) is 9.59 Å². The minimum atomic E-state index is -0.166. The molecule has 0 saturated carbocycles. The molecule has 1 aromatic heterocycles. The number of benzene rings is 1. The third-order valence-corrected chi connectivity index (χ3v) is 4.07. The van der Waals surface area contributed by atoms with Crippen molar-refractivity contribution in [2.45, 2.75) is 39.0 Å². The predicted octanol–water partition coefficient (Wildman–Crippen LogP) is 4.09. The van der Waals surface area contributed by atoms with E-state index in [1.807, 2.05) is 45.0 Å². The largest absolute Gasteiger partial charge is 0.360 e. The number of aromatic nitrogens is 1. The summed E-state index contributed by atoms with van der Waals surface area (Å²) < 4.78 is 4.90. The maximum atomic E-state index is 12.0. The van der Waals surface area contributed by atoms with Gasteiger partial charge in [-0.2, -0.15) is 0 Å². The maximum absolute atomic E-state index is 12.0. The molecule has 0 saturated heterocycles. The van der Waals surface area contributed by atoms with Crippen molar-refractivity contribution in [3.8, 4) is 0 Å². The van der Waals surface area contributed by atoms with E-state index in [1.165, 1.54) is 11.8 Å². The van der Waals surface area contributed by atoms with Crippen LogP contribution in [0.1, 0.15) is 33.0 Å². The van der Waals surface area contributed by atoms with Gasteiger partial charge in [-0.1, -0.05) is 32.0 Å². The number of rotatable bonds is 6. The van der Waals surface area contributed by atoms with Crippen LogP contribution >= 0.6 is 11.8 Å². The van der Waals surface area contributed by atoms with Gasteiger partial charge < -0.3 is 15.2 Å². The summed E-state index contributed by atoms with van der Waals surface area (Å²) in [5, 5.41) is 9.29. The summed E-state index contributed by atoms with van der Waals surface area (Å²) in [7, 11) is 0. The van der Waals surface area contributed by atoms with E-state index in [-0.39, 0.29) is 23.0 Å². The highest BCUT2D eigenvalue weighted by atomic mass is 32.2. The number of carbonyl (C=O) groups excluding carboxylic acids is 2. The minimum Gasteiger partial charge on any atom is -0.360 e. The summed E-state index contributed by atoms with van der Waals surface area (Å²) in [4.78, 5) is 24.8. The molecular formula is C18H23N3O3S. The van der Waals surface area contributed by atoms with Gasteiger partial charge in [0.15, 0.2) is 5.82 Å². The quantitative estimate of drug-likeness (QED) is 0.757. The Labute approximate surface area is 151 Å². The number of thioether (sulfide) groups is 1. The van der Waals surface area contributed by atoms with Gasteiger partial charge in [0.2, 0.25) is 11.8 Å². The highest BCUT2D eigenvalue weighted by molar-refractivity contribution is 8.00. The first-order valence-corrected chi connectivity index (χ1v) is 8.96. The average molecular weight is 361 g/mol. The van der Waals surface area contributed by atoms with Crippen LogP contribution in [0.5, 0.6) is 0 Å². The fourth-order valence-corrected chi connectivity index (χ4v) is 2.86. The molecule has 1 heterocycles. The highest BCUT2D eigenvalue weighted by Crippen LogP contribution is 2.23. The van der Waals surface area contributed by atoms with Crippen molar-refractivity contribution in [3.63, 3.8) is 0 Å². The second-order valence-corrected chi connectivity index (χ2v) is 8.02. The molecule has 0 radical (unpaired) electrons. The van der Waals surface area contributed by atoms with E-state index in [0.29, 0.717) is 18.0 Å². The van der Waals surface area contributed by atoms with E-state index in [1.54, 1.807) is 13.0 Å². The third kappa shape index (κ3) is 7.01. The van der Waals surface area contributed by atoms with E-state index in [2.05, 4.69) is 15.8 Å². The van der Waals surface area contributed by atoms with Crippen molar-refractivity contribution in [2.24, 2.45) is 5.41 Å². The summed E-state index contributed by atoms with van der Waals surface area (Å²) in [5.74, 6) is 1.10. The van der Waals surface area contributed by atoms with Crippen molar-refractivity contribution in [2.75, 3.05) is 16.4 Å². The highest BCUT2D eigenvalue weighted by Gasteiger charge is 2.16. The Morgan fingerprint density at radius 3 is 2.56 bits per heavy atom. The van der Waals surface area contributed by atoms with Crippen LogP contribution in [0.25, 0.3) is 0 Å². The average Bonchev–Trinajstić information content (AvgIpc) is 2.88. The Morgan fingerprint density at radius 1 is 1.16 bits per heavy atom. The zero-order chi connectivity index (χ0) is 18.4. The van der Waals surface area contributed by atoms with Crippen LogP contribution in [0.4, 0.5) is 11.5 Å². The molecule has 6 nitrogen and oxygen atoms in total. The standard InChI is InChI=1S/C18H23N3O3S/c1-12-8-15(21-24-12)20-17(23)11-25-14-7-5-6-13(9-14)19-16(22)10-18(2,3)4/h5-9H,10-11H2,1-4H3,(H,19,22)(H,20,21,23).